The first-order valence-corrected chi connectivity index (χ1v) is 9.60. The normalized spacial score (nSPS) is 11.4. The monoisotopic (exact) mass is 365 g/mol. The second kappa shape index (κ2) is 15.5. The Hall–Kier alpha value is -1.79. The zero-order valence-electron chi connectivity index (χ0n) is 16.6. The molecular formula is C20H35N3O3. The van der Waals surface area contributed by atoms with Gasteiger partial charge in [0.2, 0.25) is 0 Å². The fourth-order valence-electron chi connectivity index (χ4n) is 2.28. The Morgan fingerprint density at radius 1 is 1.08 bits per heavy atom. The van der Waals surface area contributed by atoms with Gasteiger partial charge < -0.3 is 24.8 Å². The predicted octanol–water partition coefficient (Wildman–Crippen LogP) is 2.63. The zero-order valence-corrected chi connectivity index (χ0v) is 16.6. The first-order valence-electron chi connectivity index (χ1n) is 9.60. The molecule has 0 aromatic heterocycles. The Morgan fingerprint density at radius 3 is 2.73 bits per heavy atom. The molecule has 0 atom stereocenters. The molecule has 0 bridgehead atoms. The van der Waals surface area contributed by atoms with Crippen LogP contribution >= 0.6 is 0 Å². The molecule has 0 fully saturated rings. The maximum atomic E-state index is 5.69. The molecule has 0 saturated heterocycles. The van der Waals surface area contributed by atoms with Crippen LogP contribution in [0, 0.1) is 0 Å². The average molecular weight is 366 g/mol. The molecule has 6 heteroatoms. The third kappa shape index (κ3) is 10.9. The minimum atomic E-state index is 0.637. The summed E-state index contributed by atoms with van der Waals surface area (Å²) in [4.78, 5) is 4.58. The van der Waals surface area contributed by atoms with Crippen molar-refractivity contribution in [1.29, 1.82) is 0 Å². The van der Waals surface area contributed by atoms with Gasteiger partial charge in [-0.2, -0.15) is 0 Å². The van der Waals surface area contributed by atoms with E-state index in [0.29, 0.717) is 19.8 Å². The molecule has 2 N–H and O–H groups in total. The minimum absolute atomic E-state index is 0.637. The first kappa shape index (κ1) is 22.3. The topological polar surface area (TPSA) is 64.1 Å². The number of rotatable bonds is 14. The van der Waals surface area contributed by atoms with E-state index in [0.717, 1.165) is 57.2 Å². The van der Waals surface area contributed by atoms with E-state index >= 15 is 0 Å². The molecule has 26 heavy (non-hydrogen) atoms. The first-order chi connectivity index (χ1) is 12.8. The lowest BCUT2D eigenvalue weighted by Crippen LogP contribution is -2.38. The summed E-state index contributed by atoms with van der Waals surface area (Å²) in [5.74, 6) is 1.79. The van der Waals surface area contributed by atoms with E-state index < -0.39 is 0 Å². The SMILES string of the molecule is CCCOc1cccc(CCNC(=NCCCOCCOC)NCC)c1. The number of hydrogen-bond acceptors (Lipinski definition) is 4. The van der Waals surface area contributed by atoms with Gasteiger partial charge in [-0.1, -0.05) is 19.1 Å². The summed E-state index contributed by atoms with van der Waals surface area (Å²) < 4.78 is 16.1. The highest BCUT2D eigenvalue weighted by Crippen LogP contribution is 2.13. The van der Waals surface area contributed by atoms with Gasteiger partial charge in [-0.25, -0.2) is 0 Å². The van der Waals surface area contributed by atoms with Gasteiger partial charge in [-0.3, -0.25) is 4.99 Å². The number of aliphatic imine (C=N–C) groups is 1. The maximum absolute atomic E-state index is 5.69. The molecule has 6 nitrogen and oxygen atoms in total. The van der Waals surface area contributed by atoms with E-state index in [1.54, 1.807) is 7.11 Å². The summed E-state index contributed by atoms with van der Waals surface area (Å²) in [7, 11) is 1.68. The van der Waals surface area contributed by atoms with E-state index in [-0.39, 0.29) is 0 Å². The third-order valence-electron chi connectivity index (χ3n) is 3.57. The van der Waals surface area contributed by atoms with Crippen molar-refractivity contribution in [2.45, 2.75) is 33.1 Å². The van der Waals surface area contributed by atoms with Crippen LogP contribution in [-0.4, -0.2) is 59.1 Å². The fraction of sp³-hybridized carbons (Fsp3) is 0.650. The van der Waals surface area contributed by atoms with Crippen LogP contribution < -0.4 is 15.4 Å². The lowest BCUT2D eigenvalue weighted by atomic mass is 10.1. The Labute approximate surface area is 158 Å². The lowest BCUT2D eigenvalue weighted by Gasteiger charge is -2.12. The highest BCUT2D eigenvalue weighted by atomic mass is 16.5. The van der Waals surface area contributed by atoms with Gasteiger partial charge >= 0.3 is 0 Å². The van der Waals surface area contributed by atoms with Crippen molar-refractivity contribution in [3.05, 3.63) is 29.8 Å². The molecule has 0 heterocycles. The predicted molar refractivity (Wildman–Crippen MR) is 107 cm³/mol. The van der Waals surface area contributed by atoms with Crippen molar-refractivity contribution in [3.63, 3.8) is 0 Å². The van der Waals surface area contributed by atoms with Crippen molar-refractivity contribution in [2.75, 3.05) is 53.2 Å². The quantitative estimate of drug-likeness (QED) is 0.301. The summed E-state index contributed by atoms with van der Waals surface area (Å²) in [6.07, 6.45) is 2.84. The van der Waals surface area contributed by atoms with Crippen LogP contribution in [0.1, 0.15) is 32.3 Å². The van der Waals surface area contributed by atoms with E-state index in [1.807, 2.05) is 12.1 Å². The molecule has 0 aliphatic carbocycles. The Bertz CT molecular complexity index is 495. The van der Waals surface area contributed by atoms with Gasteiger partial charge in [0.1, 0.15) is 5.75 Å². The number of nitrogens with one attached hydrogen (secondary N) is 2. The Morgan fingerprint density at radius 2 is 1.96 bits per heavy atom. The zero-order chi connectivity index (χ0) is 18.9. The van der Waals surface area contributed by atoms with Crippen LogP contribution in [0.3, 0.4) is 0 Å². The molecule has 1 aromatic carbocycles. The molecular weight excluding hydrogens is 330 g/mol. The molecule has 0 amide bonds. The standard InChI is InChI=1S/C20H35N3O3/c1-4-13-26-19-9-6-8-18(17-19)10-12-23-20(21-5-2)22-11-7-14-25-16-15-24-3/h6,8-9,17H,4-5,7,10-16H2,1-3H3,(H2,21,22,23). The van der Waals surface area contributed by atoms with Crippen molar-refractivity contribution < 1.29 is 14.2 Å². The second-order valence-electron chi connectivity index (χ2n) is 5.89. The van der Waals surface area contributed by atoms with Crippen LogP contribution in [0.4, 0.5) is 0 Å². The maximum Gasteiger partial charge on any atom is 0.191 e. The van der Waals surface area contributed by atoms with Crippen molar-refractivity contribution >= 4 is 5.96 Å². The van der Waals surface area contributed by atoms with Crippen LogP contribution in [0.25, 0.3) is 0 Å². The van der Waals surface area contributed by atoms with E-state index in [1.165, 1.54) is 5.56 Å². The average Bonchev–Trinajstić information content (AvgIpc) is 2.66. The van der Waals surface area contributed by atoms with Crippen molar-refractivity contribution in [3.8, 4) is 5.75 Å². The molecule has 1 rings (SSSR count). The number of nitrogens with zero attached hydrogens (tertiary/aromatic N) is 1. The fourth-order valence-corrected chi connectivity index (χ4v) is 2.28. The Kier molecular flexibility index (Phi) is 13.2. The van der Waals surface area contributed by atoms with Gasteiger partial charge in [0.25, 0.3) is 0 Å². The molecule has 148 valence electrons. The summed E-state index contributed by atoms with van der Waals surface area (Å²) in [6, 6.07) is 8.29. The number of hydrogen-bond donors (Lipinski definition) is 2. The molecule has 1 aromatic rings. The van der Waals surface area contributed by atoms with Crippen LogP contribution in [0.15, 0.2) is 29.3 Å². The van der Waals surface area contributed by atoms with Gasteiger partial charge in [-0.15, -0.1) is 0 Å². The highest BCUT2D eigenvalue weighted by Gasteiger charge is 2.00. The smallest absolute Gasteiger partial charge is 0.191 e. The highest BCUT2D eigenvalue weighted by molar-refractivity contribution is 5.79. The van der Waals surface area contributed by atoms with Gasteiger partial charge in [0.15, 0.2) is 5.96 Å². The lowest BCUT2D eigenvalue weighted by molar-refractivity contribution is 0.0702. The molecule has 0 spiro atoms. The molecule has 0 saturated carbocycles. The van der Waals surface area contributed by atoms with Gasteiger partial charge in [0.05, 0.1) is 19.8 Å². The summed E-state index contributed by atoms with van der Waals surface area (Å²) in [6.45, 7) is 9.33. The molecule has 0 aliphatic heterocycles. The van der Waals surface area contributed by atoms with Crippen LogP contribution in [0.2, 0.25) is 0 Å². The number of methoxy groups -OCH3 is 1. The summed E-state index contributed by atoms with van der Waals surface area (Å²) >= 11 is 0. The Balaban J connectivity index is 2.30. The number of ether oxygens (including phenoxy) is 3. The summed E-state index contributed by atoms with van der Waals surface area (Å²) in [5, 5.41) is 6.65. The van der Waals surface area contributed by atoms with Crippen LogP contribution in [-0.2, 0) is 15.9 Å². The van der Waals surface area contributed by atoms with E-state index in [2.05, 4.69) is 41.6 Å². The third-order valence-corrected chi connectivity index (χ3v) is 3.57. The largest absolute Gasteiger partial charge is 0.494 e. The van der Waals surface area contributed by atoms with Crippen LogP contribution in [0.5, 0.6) is 5.75 Å². The molecule has 0 unspecified atom stereocenters. The number of guanidine groups is 1. The van der Waals surface area contributed by atoms with Gasteiger partial charge in [-0.05, 0) is 43.9 Å². The molecule has 0 aliphatic rings. The molecule has 0 radical (unpaired) electrons. The second-order valence-corrected chi connectivity index (χ2v) is 5.89. The van der Waals surface area contributed by atoms with E-state index in [9.17, 15) is 0 Å². The minimum Gasteiger partial charge on any atom is -0.494 e. The van der Waals surface area contributed by atoms with E-state index in [4.69, 9.17) is 14.2 Å². The number of benzene rings is 1. The summed E-state index contributed by atoms with van der Waals surface area (Å²) in [5.41, 5.74) is 1.26. The van der Waals surface area contributed by atoms with Crippen molar-refractivity contribution in [2.24, 2.45) is 4.99 Å². The van der Waals surface area contributed by atoms with Gasteiger partial charge in [0, 0.05) is 33.4 Å². The van der Waals surface area contributed by atoms with Crippen molar-refractivity contribution in [1.82, 2.24) is 10.6 Å².